The summed E-state index contributed by atoms with van der Waals surface area (Å²) < 4.78 is 5.41. The molecule has 0 fully saturated rings. The van der Waals surface area contributed by atoms with Gasteiger partial charge in [-0.05, 0) is 24.3 Å². The van der Waals surface area contributed by atoms with E-state index in [1.165, 1.54) is 11.8 Å². The molecule has 0 aliphatic carbocycles. The van der Waals surface area contributed by atoms with E-state index in [0.717, 1.165) is 27.9 Å². The predicted molar refractivity (Wildman–Crippen MR) is 91.1 cm³/mol. The zero-order valence-corrected chi connectivity index (χ0v) is 13.4. The Balaban J connectivity index is 1.71. The van der Waals surface area contributed by atoms with E-state index in [1.807, 2.05) is 40.8 Å². The molecule has 0 amide bonds. The SMILES string of the molecule is Clc1ccc(C2=CSC3=NNC(c4ccco4)=CN23)cc1Cl. The molecule has 3 heterocycles. The van der Waals surface area contributed by atoms with E-state index in [-0.39, 0.29) is 0 Å². The lowest BCUT2D eigenvalue weighted by atomic mass is 10.1. The minimum atomic E-state index is 0.529. The van der Waals surface area contributed by atoms with Gasteiger partial charge in [-0.25, -0.2) is 0 Å². The number of halogens is 2. The Morgan fingerprint density at radius 1 is 1.18 bits per heavy atom. The highest BCUT2D eigenvalue weighted by Crippen LogP contribution is 2.37. The van der Waals surface area contributed by atoms with Crippen LogP contribution in [-0.2, 0) is 0 Å². The molecular weight excluding hydrogens is 341 g/mol. The molecule has 0 bridgehead atoms. The fraction of sp³-hybridized carbons (Fsp3) is 0. The number of fused-ring (bicyclic) bond motifs is 1. The third-order valence-corrected chi connectivity index (χ3v) is 4.85. The minimum Gasteiger partial charge on any atom is -0.463 e. The maximum absolute atomic E-state index is 6.12. The van der Waals surface area contributed by atoms with Crippen LogP contribution in [0.25, 0.3) is 11.4 Å². The summed E-state index contributed by atoms with van der Waals surface area (Å²) in [6, 6.07) is 9.30. The number of thioether (sulfide) groups is 1. The molecule has 0 saturated carbocycles. The molecule has 0 spiro atoms. The van der Waals surface area contributed by atoms with E-state index in [2.05, 4.69) is 10.5 Å². The Bertz CT molecular complexity index is 827. The van der Waals surface area contributed by atoms with Crippen LogP contribution in [-0.4, -0.2) is 10.1 Å². The smallest absolute Gasteiger partial charge is 0.196 e. The normalized spacial score (nSPS) is 16.6. The molecule has 0 saturated heterocycles. The van der Waals surface area contributed by atoms with Crippen molar-refractivity contribution in [2.45, 2.75) is 0 Å². The van der Waals surface area contributed by atoms with Gasteiger partial charge in [0.05, 0.1) is 22.0 Å². The fourth-order valence-corrected chi connectivity index (χ4v) is 3.34. The number of nitrogens with one attached hydrogen (secondary N) is 1. The van der Waals surface area contributed by atoms with Crippen LogP contribution < -0.4 is 5.43 Å². The standard InChI is InChI=1S/C15H9Cl2N3OS/c16-10-4-3-9(6-11(10)17)13-8-22-15-19-18-12(7-20(13)15)14-2-1-5-21-14/h1-8,18H. The number of hydrogen-bond acceptors (Lipinski definition) is 5. The van der Waals surface area contributed by atoms with Gasteiger partial charge < -0.3 is 4.42 Å². The average molecular weight is 350 g/mol. The Hall–Kier alpha value is -1.82. The molecule has 4 nitrogen and oxygen atoms in total. The summed E-state index contributed by atoms with van der Waals surface area (Å²) in [5.74, 6) is 0.730. The van der Waals surface area contributed by atoms with Crippen molar-refractivity contribution in [2.24, 2.45) is 5.10 Å². The van der Waals surface area contributed by atoms with Gasteiger partial charge in [0.2, 0.25) is 0 Å². The number of amidine groups is 1. The first-order valence-electron chi connectivity index (χ1n) is 6.43. The Morgan fingerprint density at radius 2 is 2.09 bits per heavy atom. The van der Waals surface area contributed by atoms with E-state index >= 15 is 0 Å². The van der Waals surface area contributed by atoms with Crippen molar-refractivity contribution in [1.82, 2.24) is 10.3 Å². The molecule has 7 heteroatoms. The summed E-state index contributed by atoms with van der Waals surface area (Å²) in [4.78, 5) is 2.00. The zero-order valence-electron chi connectivity index (χ0n) is 11.1. The average Bonchev–Trinajstić information content (AvgIpc) is 3.18. The molecule has 0 unspecified atom stereocenters. The van der Waals surface area contributed by atoms with Crippen LogP contribution in [0.15, 0.2) is 57.7 Å². The lowest BCUT2D eigenvalue weighted by Crippen LogP contribution is -2.26. The van der Waals surface area contributed by atoms with Gasteiger partial charge in [-0.1, -0.05) is 41.0 Å². The van der Waals surface area contributed by atoms with Gasteiger partial charge in [-0.2, -0.15) is 0 Å². The van der Waals surface area contributed by atoms with Crippen molar-refractivity contribution in [1.29, 1.82) is 0 Å². The van der Waals surface area contributed by atoms with Gasteiger partial charge in [-0.3, -0.25) is 10.3 Å². The molecule has 22 heavy (non-hydrogen) atoms. The molecule has 1 aromatic carbocycles. The molecule has 2 aliphatic heterocycles. The summed E-state index contributed by atoms with van der Waals surface area (Å²) in [5.41, 5.74) is 5.76. The zero-order chi connectivity index (χ0) is 15.1. The highest BCUT2D eigenvalue weighted by Gasteiger charge is 2.27. The first-order valence-corrected chi connectivity index (χ1v) is 8.07. The van der Waals surface area contributed by atoms with E-state index in [9.17, 15) is 0 Å². The quantitative estimate of drug-likeness (QED) is 0.844. The molecule has 0 radical (unpaired) electrons. The molecule has 1 N–H and O–H groups in total. The summed E-state index contributed by atoms with van der Waals surface area (Å²) in [6.45, 7) is 0. The van der Waals surface area contributed by atoms with Crippen LogP contribution in [0.1, 0.15) is 11.3 Å². The van der Waals surface area contributed by atoms with Gasteiger partial charge in [0.15, 0.2) is 10.9 Å². The summed E-state index contributed by atoms with van der Waals surface area (Å²) >= 11 is 13.6. The maximum Gasteiger partial charge on any atom is 0.196 e. The van der Waals surface area contributed by atoms with E-state index in [4.69, 9.17) is 27.6 Å². The fourth-order valence-electron chi connectivity index (χ4n) is 2.21. The molecule has 0 atom stereocenters. The van der Waals surface area contributed by atoms with E-state index in [0.29, 0.717) is 10.0 Å². The van der Waals surface area contributed by atoms with Crippen molar-refractivity contribution >= 4 is 51.5 Å². The second-order valence-corrected chi connectivity index (χ2v) is 6.30. The highest BCUT2D eigenvalue weighted by atomic mass is 35.5. The number of benzene rings is 1. The van der Waals surface area contributed by atoms with Crippen molar-refractivity contribution in [3.63, 3.8) is 0 Å². The van der Waals surface area contributed by atoms with Crippen LogP contribution in [0.4, 0.5) is 0 Å². The lowest BCUT2D eigenvalue weighted by molar-refractivity contribution is 0.544. The first-order chi connectivity index (χ1) is 10.7. The second-order valence-electron chi connectivity index (χ2n) is 4.65. The number of furan rings is 1. The van der Waals surface area contributed by atoms with Crippen LogP contribution in [0.3, 0.4) is 0 Å². The Kier molecular flexibility index (Phi) is 3.41. The number of hydrogen-bond donors (Lipinski definition) is 1. The third-order valence-electron chi connectivity index (χ3n) is 3.27. The first kappa shape index (κ1) is 13.8. The minimum absolute atomic E-state index is 0.529. The van der Waals surface area contributed by atoms with Gasteiger partial charge >= 0.3 is 0 Å². The predicted octanol–water partition coefficient (Wildman–Crippen LogP) is 4.81. The van der Waals surface area contributed by atoms with Crippen LogP contribution in [0, 0.1) is 0 Å². The summed E-state index contributed by atoms with van der Waals surface area (Å²) in [5, 5.41) is 8.30. The third kappa shape index (κ3) is 2.31. The van der Waals surface area contributed by atoms with Gasteiger partial charge in [0.1, 0.15) is 5.70 Å². The van der Waals surface area contributed by atoms with Crippen molar-refractivity contribution in [2.75, 3.05) is 0 Å². The van der Waals surface area contributed by atoms with Gasteiger partial charge in [-0.15, -0.1) is 5.10 Å². The van der Waals surface area contributed by atoms with Gasteiger partial charge in [0.25, 0.3) is 0 Å². The summed E-state index contributed by atoms with van der Waals surface area (Å²) in [6.07, 6.45) is 3.58. The highest BCUT2D eigenvalue weighted by molar-refractivity contribution is 8.16. The molecule has 1 aromatic heterocycles. The lowest BCUT2D eigenvalue weighted by Gasteiger charge is -2.23. The number of nitrogens with zero attached hydrogens (tertiary/aromatic N) is 2. The number of hydrazone groups is 1. The molecule has 110 valence electrons. The topological polar surface area (TPSA) is 40.8 Å². The largest absolute Gasteiger partial charge is 0.463 e. The number of rotatable bonds is 2. The molecular formula is C15H9Cl2N3OS. The van der Waals surface area contributed by atoms with Crippen molar-refractivity contribution in [3.05, 3.63) is 69.6 Å². The second kappa shape index (κ2) is 5.43. The Labute approximate surface area is 141 Å². The summed E-state index contributed by atoms with van der Waals surface area (Å²) in [7, 11) is 0. The van der Waals surface area contributed by atoms with Crippen molar-refractivity contribution < 1.29 is 4.42 Å². The van der Waals surface area contributed by atoms with Crippen LogP contribution in [0.5, 0.6) is 0 Å². The van der Waals surface area contributed by atoms with Crippen LogP contribution in [0.2, 0.25) is 10.0 Å². The van der Waals surface area contributed by atoms with E-state index in [1.54, 1.807) is 12.3 Å². The van der Waals surface area contributed by atoms with Gasteiger partial charge in [0, 0.05) is 17.2 Å². The molecule has 2 aliphatic rings. The van der Waals surface area contributed by atoms with E-state index < -0.39 is 0 Å². The molecule has 4 rings (SSSR count). The molecule has 2 aromatic rings. The monoisotopic (exact) mass is 349 g/mol. The van der Waals surface area contributed by atoms with Crippen LogP contribution >= 0.6 is 35.0 Å². The maximum atomic E-state index is 6.12. The Morgan fingerprint density at radius 3 is 2.86 bits per heavy atom. The van der Waals surface area contributed by atoms with Crippen molar-refractivity contribution in [3.8, 4) is 0 Å².